The van der Waals surface area contributed by atoms with Gasteiger partial charge in [0.05, 0.1) is 16.8 Å². The van der Waals surface area contributed by atoms with Gasteiger partial charge in [-0.25, -0.2) is 0 Å². The molecular formula is C15H15ClN2O5. The SMILES string of the molecule is Cc1ccc(NC(=O)[C@@H]2CC(Cl)=CC[C@@H]2C(=O)O)c([N+](=O)[O-])c1. The van der Waals surface area contributed by atoms with Crippen LogP contribution in [0.1, 0.15) is 18.4 Å². The Kier molecular flexibility index (Phi) is 5.00. The second kappa shape index (κ2) is 6.78. The molecule has 0 saturated carbocycles. The predicted octanol–water partition coefficient (Wildman–Crippen LogP) is 3.08. The number of nitrogens with one attached hydrogen (secondary N) is 1. The van der Waals surface area contributed by atoms with E-state index in [9.17, 15) is 24.8 Å². The number of halogens is 1. The first kappa shape index (κ1) is 17.0. The second-order valence-electron chi connectivity index (χ2n) is 5.41. The maximum atomic E-state index is 12.4. The van der Waals surface area contributed by atoms with Crippen molar-refractivity contribution in [2.24, 2.45) is 11.8 Å². The molecule has 8 heteroatoms. The fourth-order valence-electron chi connectivity index (χ4n) is 2.53. The molecule has 1 aliphatic carbocycles. The molecule has 0 aromatic heterocycles. The highest BCUT2D eigenvalue weighted by Crippen LogP contribution is 2.34. The van der Waals surface area contributed by atoms with Crippen LogP contribution in [0.3, 0.4) is 0 Å². The first-order valence-electron chi connectivity index (χ1n) is 6.93. The number of nitro benzene ring substituents is 1. The van der Waals surface area contributed by atoms with Crippen LogP contribution in [0.5, 0.6) is 0 Å². The Bertz CT molecular complexity index is 701. The van der Waals surface area contributed by atoms with Gasteiger partial charge in [-0.05, 0) is 31.4 Å². The van der Waals surface area contributed by atoms with E-state index in [4.69, 9.17) is 11.6 Å². The Labute approximate surface area is 137 Å². The van der Waals surface area contributed by atoms with Crippen molar-refractivity contribution in [3.8, 4) is 0 Å². The van der Waals surface area contributed by atoms with Gasteiger partial charge < -0.3 is 10.4 Å². The number of carbonyl (C=O) groups is 2. The van der Waals surface area contributed by atoms with Gasteiger partial charge in [-0.15, -0.1) is 0 Å². The summed E-state index contributed by atoms with van der Waals surface area (Å²) in [6.45, 7) is 1.70. The number of nitrogens with zero attached hydrogens (tertiary/aromatic N) is 1. The topological polar surface area (TPSA) is 110 Å². The minimum atomic E-state index is -1.09. The molecule has 0 fully saturated rings. The maximum Gasteiger partial charge on any atom is 0.307 e. The van der Waals surface area contributed by atoms with E-state index in [1.165, 1.54) is 12.1 Å². The summed E-state index contributed by atoms with van der Waals surface area (Å²) in [7, 11) is 0. The van der Waals surface area contributed by atoms with E-state index in [0.717, 1.165) is 0 Å². The summed E-state index contributed by atoms with van der Waals surface area (Å²) >= 11 is 5.91. The zero-order valence-corrected chi connectivity index (χ0v) is 13.0. The van der Waals surface area contributed by atoms with Crippen LogP contribution in [0.4, 0.5) is 11.4 Å². The second-order valence-corrected chi connectivity index (χ2v) is 5.89. The average Bonchev–Trinajstić information content (AvgIpc) is 2.48. The van der Waals surface area contributed by atoms with Crippen molar-refractivity contribution in [3.05, 3.63) is 45.0 Å². The Hall–Kier alpha value is -2.41. The highest BCUT2D eigenvalue weighted by Gasteiger charge is 2.36. The molecule has 2 N–H and O–H groups in total. The van der Waals surface area contributed by atoms with Crippen LogP contribution >= 0.6 is 11.6 Å². The number of nitro groups is 1. The number of rotatable bonds is 4. The molecule has 7 nitrogen and oxygen atoms in total. The number of hydrogen-bond donors (Lipinski definition) is 2. The zero-order valence-electron chi connectivity index (χ0n) is 12.3. The molecule has 0 heterocycles. The first-order valence-corrected chi connectivity index (χ1v) is 7.30. The van der Waals surface area contributed by atoms with Gasteiger partial charge in [-0.3, -0.25) is 19.7 Å². The fourth-order valence-corrected chi connectivity index (χ4v) is 2.78. The van der Waals surface area contributed by atoms with Gasteiger partial charge in [-0.2, -0.15) is 0 Å². The number of anilines is 1. The number of aliphatic carboxylic acids is 1. The van der Waals surface area contributed by atoms with Gasteiger partial charge in [0.2, 0.25) is 5.91 Å². The fraction of sp³-hybridized carbons (Fsp3) is 0.333. The number of benzene rings is 1. The van der Waals surface area contributed by atoms with Crippen molar-refractivity contribution in [2.75, 3.05) is 5.32 Å². The van der Waals surface area contributed by atoms with Crippen LogP contribution in [-0.2, 0) is 9.59 Å². The molecule has 0 radical (unpaired) electrons. The molecule has 122 valence electrons. The third-order valence-corrected chi connectivity index (χ3v) is 4.06. The first-order chi connectivity index (χ1) is 10.8. The lowest BCUT2D eigenvalue weighted by Gasteiger charge is -2.25. The van der Waals surface area contributed by atoms with E-state index < -0.39 is 28.6 Å². The third-order valence-electron chi connectivity index (χ3n) is 3.76. The molecule has 23 heavy (non-hydrogen) atoms. The molecule has 1 aliphatic rings. The van der Waals surface area contributed by atoms with Gasteiger partial charge in [0, 0.05) is 11.1 Å². The normalized spacial score (nSPS) is 20.5. The number of carboxylic acids is 1. The van der Waals surface area contributed by atoms with Gasteiger partial charge in [0.25, 0.3) is 5.69 Å². The number of amides is 1. The van der Waals surface area contributed by atoms with E-state index >= 15 is 0 Å². The lowest BCUT2D eigenvalue weighted by molar-refractivity contribution is -0.384. The third kappa shape index (κ3) is 3.87. The van der Waals surface area contributed by atoms with Crippen LogP contribution in [0.2, 0.25) is 0 Å². The van der Waals surface area contributed by atoms with Crippen LogP contribution in [0, 0.1) is 28.9 Å². The average molecular weight is 339 g/mol. The summed E-state index contributed by atoms with van der Waals surface area (Å²) in [5, 5.41) is 23.2. The molecule has 1 aromatic rings. The Balaban J connectivity index is 2.26. The zero-order chi connectivity index (χ0) is 17.1. The van der Waals surface area contributed by atoms with Crippen LogP contribution < -0.4 is 5.32 Å². The molecule has 1 amide bonds. The minimum Gasteiger partial charge on any atom is -0.481 e. The molecule has 1 aromatic carbocycles. The number of aryl methyl sites for hydroxylation is 1. The quantitative estimate of drug-likeness (QED) is 0.647. The minimum absolute atomic E-state index is 0.0421. The molecule has 0 saturated heterocycles. The summed E-state index contributed by atoms with van der Waals surface area (Å²) in [5.41, 5.74) is 0.491. The van der Waals surface area contributed by atoms with E-state index in [0.29, 0.717) is 10.6 Å². The number of carboxylic acid groups (broad SMARTS) is 1. The standard InChI is InChI=1S/C15H15ClN2O5/c1-8-2-5-12(13(6-8)18(22)23)17-14(19)11-7-9(16)3-4-10(11)15(20)21/h2-3,5-6,10-11H,4,7H2,1H3,(H,17,19)(H,20,21)/t10-,11+/m0/s1. The number of hydrogen-bond acceptors (Lipinski definition) is 4. The number of allylic oxidation sites excluding steroid dienone is 2. The molecule has 2 rings (SSSR count). The smallest absolute Gasteiger partial charge is 0.307 e. The lowest BCUT2D eigenvalue weighted by atomic mass is 9.82. The summed E-state index contributed by atoms with van der Waals surface area (Å²) in [6, 6.07) is 4.41. The lowest BCUT2D eigenvalue weighted by Crippen LogP contribution is -2.35. The maximum absolute atomic E-state index is 12.4. The summed E-state index contributed by atoms with van der Waals surface area (Å²) < 4.78 is 0. The van der Waals surface area contributed by atoms with Crippen molar-refractivity contribution in [3.63, 3.8) is 0 Å². The molecule has 2 atom stereocenters. The van der Waals surface area contributed by atoms with Crippen molar-refractivity contribution >= 4 is 34.9 Å². The van der Waals surface area contributed by atoms with Crippen molar-refractivity contribution in [1.29, 1.82) is 0 Å². The highest BCUT2D eigenvalue weighted by atomic mass is 35.5. The Morgan fingerprint density at radius 3 is 2.70 bits per heavy atom. The van der Waals surface area contributed by atoms with E-state index in [2.05, 4.69) is 5.32 Å². The van der Waals surface area contributed by atoms with Crippen molar-refractivity contribution in [1.82, 2.24) is 0 Å². The monoisotopic (exact) mass is 338 g/mol. The Morgan fingerprint density at radius 1 is 1.39 bits per heavy atom. The van der Waals surface area contributed by atoms with Crippen molar-refractivity contribution < 1.29 is 19.6 Å². The Morgan fingerprint density at radius 2 is 2.09 bits per heavy atom. The van der Waals surface area contributed by atoms with E-state index in [1.54, 1.807) is 19.1 Å². The molecule has 0 unspecified atom stereocenters. The molecule has 0 aliphatic heterocycles. The summed E-state index contributed by atoms with van der Waals surface area (Å²) in [5.74, 6) is -3.45. The van der Waals surface area contributed by atoms with Gasteiger partial charge >= 0.3 is 5.97 Å². The van der Waals surface area contributed by atoms with Crippen LogP contribution in [-0.4, -0.2) is 21.9 Å². The van der Waals surface area contributed by atoms with Crippen LogP contribution in [0.15, 0.2) is 29.3 Å². The van der Waals surface area contributed by atoms with Gasteiger partial charge in [-0.1, -0.05) is 23.7 Å². The largest absolute Gasteiger partial charge is 0.481 e. The summed E-state index contributed by atoms with van der Waals surface area (Å²) in [6.07, 6.45) is 1.84. The molecular weight excluding hydrogens is 324 g/mol. The van der Waals surface area contributed by atoms with Gasteiger partial charge in [0.1, 0.15) is 5.69 Å². The van der Waals surface area contributed by atoms with Crippen molar-refractivity contribution in [2.45, 2.75) is 19.8 Å². The summed E-state index contributed by atoms with van der Waals surface area (Å²) in [4.78, 5) is 34.2. The molecule has 0 spiro atoms. The highest BCUT2D eigenvalue weighted by molar-refractivity contribution is 6.29. The van der Waals surface area contributed by atoms with Crippen LogP contribution in [0.25, 0.3) is 0 Å². The van der Waals surface area contributed by atoms with E-state index in [1.807, 2.05) is 0 Å². The molecule has 0 bridgehead atoms. The predicted molar refractivity (Wildman–Crippen MR) is 84.2 cm³/mol. The van der Waals surface area contributed by atoms with Gasteiger partial charge in [0.15, 0.2) is 0 Å². The van der Waals surface area contributed by atoms with E-state index in [-0.39, 0.29) is 24.2 Å². The number of carbonyl (C=O) groups excluding carboxylic acids is 1.